The molecule has 3 rings (SSSR count). The Morgan fingerprint density at radius 1 is 1.23 bits per heavy atom. The second-order valence-electron chi connectivity index (χ2n) is 6.30. The Bertz CT molecular complexity index is 618. The lowest BCUT2D eigenvalue weighted by Crippen LogP contribution is -2.25. The highest BCUT2D eigenvalue weighted by Crippen LogP contribution is 2.23. The Kier molecular flexibility index (Phi) is 4.27. The van der Waals surface area contributed by atoms with Crippen LogP contribution in [-0.4, -0.2) is 17.9 Å². The zero-order chi connectivity index (χ0) is 15.5. The lowest BCUT2D eigenvalue weighted by molar-refractivity contribution is -0.116. The molecule has 0 spiro atoms. The van der Waals surface area contributed by atoms with Gasteiger partial charge >= 0.3 is 0 Å². The number of carbonyl (C=O) groups is 2. The fourth-order valence-corrected chi connectivity index (χ4v) is 2.70. The zero-order valence-electron chi connectivity index (χ0n) is 12.9. The van der Waals surface area contributed by atoms with Crippen molar-refractivity contribution in [1.82, 2.24) is 5.32 Å². The topological polar surface area (TPSA) is 58.2 Å². The highest BCUT2D eigenvalue weighted by atomic mass is 16.2. The van der Waals surface area contributed by atoms with Crippen LogP contribution in [0.25, 0.3) is 0 Å². The average Bonchev–Trinajstić information content (AvgIpc) is 3.15. The maximum Gasteiger partial charge on any atom is 0.251 e. The van der Waals surface area contributed by atoms with Crippen molar-refractivity contribution in [3.8, 4) is 0 Å². The second-order valence-corrected chi connectivity index (χ2v) is 6.30. The molecule has 116 valence electrons. The van der Waals surface area contributed by atoms with Gasteiger partial charge in [-0.15, -0.1) is 0 Å². The first kappa shape index (κ1) is 14.8. The SMILES string of the molecule is Cc1ccc(C(=O)NC2CC2)cc1NC(=O)CC1C=CCC1. The third-order valence-electron chi connectivity index (χ3n) is 4.25. The number of rotatable bonds is 5. The number of nitrogens with one attached hydrogen (secondary N) is 2. The van der Waals surface area contributed by atoms with Crippen LogP contribution in [0.3, 0.4) is 0 Å². The normalized spacial score (nSPS) is 20.0. The Hall–Kier alpha value is -2.10. The van der Waals surface area contributed by atoms with Gasteiger partial charge in [-0.25, -0.2) is 0 Å². The number of anilines is 1. The predicted octanol–water partition coefficient (Wildman–Crippen LogP) is 3.18. The largest absolute Gasteiger partial charge is 0.349 e. The fourth-order valence-electron chi connectivity index (χ4n) is 2.70. The van der Waals surface area contributed by atoms with E-state index in [4.69, 9.17) is 0 Å². The van der Waals surface area contributed by atoms with Crippen LogP contribution in [0.1, 0.15) is 48.0 Å². The van der Waals surface area contributed by atoms with Crippen molar-refractivity contribution in [3.63, 3.8) is 0 Å². The third kappa shape index (κ3) is 3.75. The van der Waals surface area contributed by atoms with Crippen LogP contribution in [0.5, 0.6) is 0 Å². The number of amides is 2. The molecular formula is C18H22N2O2. The minimum atomic E-state index is -0.0586. The molecule has 4 heteroatoms. The Morgan fingerprint density at radius 3 is 2.73 bits per heavy atom. The van der Waals surface area contributed by atoms with Crippen LogP contribution in [0.2, 0.25) is 0 Å². The molecule has 0 saturated heterocycles. The van der Waals surface area contributed by atoms with Crippen molar-refractivity contribution in [3.05, 3.63) is 41.5 Å². The van der Waals surface area contributed by atoms with E-state index in [2.05, 4.69) is 22.8 Å². The van der Waals surface area contributed by atoms with Gasteiger partial charge in [0.1, 0.15) is 0 Å². The first-order valence-corrected chi connectivity index (χ1v) is 8.00. The summed E-state index contributed by atoms with van der Waals surface area (Å²) in [6, 6.07) is 5.80. The summed E-state index contributed by atoms with van der Waals surface area (Å²) in [7, 11) is 0. The zero-order valence-corrected chi connectivity index (χ0v) is 12.9. The molecule has 0 aromatic heterocycles. The van der Waals surface area contributed by atoms with Gasteiger partial charge in [0.2, 0.25) is 5.91 Å². The van der Waals surface area contributed by atoms with Crippen LogP contribution in [0, 0.1) is 12.8 Å². The molecule has 1 aromatic rings. The number of allylic oxidation sites excluding steroid dienone is 2. The monoisotopic (exact) mass is 298 g/mol. The summed E-state index contributed by atoms with van der Waals surface area (Å²) in [6.07, 6.45) is 9.00. The van der Waals surface area contributed by atoms with Gasteiger partial charge in [0.25, 0.3) is 5.91 Å². The van der Waals surface area contributed by atoms with E-state index >= 15 is 0 Å². The first-order chi connectivity index (χ1) is 10.6. The van der Waals surface area contributed by atoms with Crippen LogP contribution in [-0.2, 0) is 4.79 Å². The smallest absolute Gasteiger partial charge is 0.251 e. The van der Waals surface area contributed by atoms with Crippen LogP contribution >= 0.6 is 0 Å². The molecule has 22 heavy (non-hydrogen) atoms. The lowest BCUT2D eigenvalue weighted by Gasteiger charge is -2.12. The van der Waals surface area contributed by atoms with Gasteiger partial charge in [-0.3, -0.25) is 9.59 Å². The maximum absolute atomic E-state index is 12.1. The number of hydrogen-bond donors (Lipinski definition) is 2. The summed E-state index contributed by atoms with van der Waals surface area (Å²) in [5.41, 5.74) is 2.31. The van der Waals surface area contributed by atoms with Gasteiger partial charge in [0, 0.05) is 23.7 Å². The molecule has 1 aromatic carbocycles. The summed E-state index contributed by atoms with van der Waals surface area (Å²) in [4.78, 5) is 24.2. The molecule has 2 aliphatic rings. The molecule has 1 atom stereocenters. The first-order valence-electron chi connectivity index (χ1n) is 8.00. The van der Waals surface area contributed by atoms with Crippen molar-refractivity contribution in [2.45, 2.75) is 45.1 Å². The lowest BCUT2D eigenvalue weighted by atomic mass is 10.0. The van der Waals surface area contributed by atoms with Gasteiger partial charge in [-0.05, 0) is 56.2 Å². The number of hydrogen-bond acceptors (Lipinski definition) is 2. The highest BCUT2D eigenvalue weighted by Gasteiger charge is 2.24. The van der Waals surface area contributed by atoms with E-state index in [9.17, 15) is 9.59 Å². The number of aryl methyl sites for hydroxylation is 1. The molecule has 2 amide bonds. The molecule has 4 nitrogen and oxygen atoms in total. The molecule has 0 aliphatic heterocycles. The van der Waals surface area contributed by atoms with Crippen LogP contribution in [0.4, 0.5) is 5.69 Å². The van der Waals surface area contributed by atoms with Gasteiger partial charge in [0.15, 0.2) is 0 Å². The standard InChI is InChI=1S/C18H22N2O2/c1-12-6-7-14(18(22)19-15-8-9-15)11-16(12)20-17(21)10-13-4-2-3-5-13/h2,4,6-7,11,13,15H,3,5,8-10H2,1H3,(H,19,22)(H,20,21). The predicted molar refractivity (Wildman–Crippen MR) is 86.8 cm³/mol. The van der Waals surface area contributed by atoms with Gasteiger partial charge in [-0.1, -0.05) is 18.2 Å². The average molecular weight is 298 g/mol. The molecular weight excluding hydrogens is 276 g/mol. The summed E-state index contributed by atoms with van der Waals surface area (Å²) in [5.74, 6) is 0.304. The van der Waals surface area contributed by atoms with E-state index in [1.54, 1.807) is 6.07 Å². The van der Waals surface area contributed by atoms with Crippen molar-refractivity contribution in [2.75, 3.05) is 5.32 Å². The van der Waals surface area contributed by atoms with Crippen LogP contribution in [0.15, 0.2) is 30.4 Å². The molecule has 0 radical (unpaired) electrons. The van der Waals surface area contributed by atoms with Gasteiger partial charge in [0.05, 0.1) is 0 Å². The highest BCUT2D eigenvalue weighted by molar-refractivity contribution is 5.98. The Balaban J connectivity index is 1.64. The van der Waals surface area contributed by atoms with E-state index in [-0.39, 0.29) is 11.8 Å². The molecule has 2 N–H and O–H groups in total. The molecule has 1 saturated carbocycles. The molecule has 0 bridgehead atoms. The molecule has 0 heterocycles. The van der Waals surface area contributed by atoms with E-state index in [0.29, 0.717) is 23.9 Å². The van der Waals surface area contributed by atoms with E-state index in [1.165, 1.54) is 0 Å². The Morgan fingerprint density at radius 2 is 2.05 bits per heavy atom. The van der Waals surface area contributed by atoms with Crippen LogP contribution < -0.4 is 10.6 Å². The van der Waals surface area contributed by atoms with Gasteiger partial charge < -0.3 is 10.6 Å². The quantitative estimate of drug-likeness (QED) is 0.820. The second kappa shape index (κ2) is 6.34. The van der Waals surface area contributed by atoms with Crippen molar-refractivity contribution >= 4 is 17.5 Å². The minimum Gasteiger partial charge on any atom is -0.349 e. The summed E-state index contributed by atoms with van der Waals surface area (Å²) >= 11 is 0. The fraction of sp³-hybridized carbons (Fsp3) is 0.444. The summed E-state index contributed by atoms with van der Waals surface area (Å²) < 4.78 is 0. The van der Waals surface area contributed by atoms with Crippen molar-refractivity contribution in [1.29, 1.82) is 0 Å². The minimum absolute atomic E-state index is 0.0133. The third-order valence-corrected chi connectivity index (χ3v) is 4.25. The summed E-state index contributed by atoms with van der Waals surface area (Å²) in [5, 5.41) is 5.92. The summed E-state index contributed by atoms with van der Waals surface area (Å²) in [6.45, 7) is 1.94. The van der Waals surface area contributed by atoms with Crippen molar-refractivity contribution < 1.29 is 9.59 Å². The molecule has 2 aliphatic carbocycles. The van der Waals surface area contributed by atoms with E-state index < -0.39 is 0 Å². The molecule has 1 unspecified atom stereocenters. The Labute approximate surface area is 131 Å². The van der Waals surface area contributed by atoms with E-state index in [1.807, 2.05) is 19.1 Å². The van der Waals surface area contributed by atoms with Gasteiger partial charge in [-0.2, -0.15) is 0 Å². The number of carbonyl (C=O) groups excluding carboxylic acids is 2. The number of benzene rings is 1. The maximum atomic E-state index is 12.1. The van der Waals surface area contributed by atoms with Crippen molar-refractivity contribution in [2.24, 2.45) is 5.92 Å². The molecule has 1 fully saturated rings. The van der Waals surface area contributed by atoms with E-state index in [0.717, 1.165) is 36.9 Å².